The molecule has 0 unspecified atom stereocenters. The van der Waals surface area contributed by atoms with E-state index in [0.29, 0.717) is 17.8 Å². The highest BCUT2D eigenvalue weighted by molar-refractivity contribution is 5.93. The van der Waals surface area contributed by atoms with Crippen molar-refractivity contribution in [2.24, 2.45) is 0 Å². The molecule has 4 heteroatoms. The van der Waals surface area contributed by atoms with Crippen LogP contribution in [0.3, 0.4) is 0 Å². The summed E-state index contributed by atoms with van der Waals surface area (Å²) in [5.41, 5.74) is 2.57. The van der Waals surface area contributed by atoms with E-state index in [1.54, 1.807) is 12.1 Å². The average Bonchev–Trinajstić information content (AvgIpc) is 2.86. The average molecular weight is 238 g/mol. The highest BCUT2D eigenvalue weighted by Gasteiger charge is 2.09. The summed E-state index contributed by atoms with van der Waals surface area (Å²) >= 11 is 0. The molecule has 4 nitrogen and oxygen atoms in total. The van der Waals surface area contributed by atoms with Crippen LogP contribution in [0.2, 0.25) is 0 Å². The Morgan fingerprint density at radius 2 is 2.06 bits per heavy atom. The summed E-state index contributed by atoms with van der Waals surface area (Å²) in [6, 6.07) is 11.1. The molecular weight excluding hydrogens is 228 g/mol. The van der Waals surface area contributed by atoms with Crippen LogP contribution in [-0.4, -0.2) is 16.5 Å². The minimum Gasteiger partial charge on any atom is -0.453 e. The van der Waals surface area contributed by atoms with E-state index in [-0.39, 0.29) is 0 Å². The smallest absolute Gasteiger partial charge is 0.185 e. The van der Waals surface area contributed by atoms with Gasteiger partial charge in [-0.05, 0) is 31.2 Å². The number of aromatic nitrogens is 2. The second-order valence-electron chi connectivity index (χ2n) is 4.04. The highest BCUT2D eigenvalue weighted by atomic mass is 16.3. The van der Waals surface area contributed by atoms with Crippen LogP contribution in [0.25, 0.3) is 22.2 Å². The Bertz CT molecular complexity index is 731. The van der Waals surface area contributed by atoms with E-state index in [4.69, 9.17) is 4.42 Å². The third-order valence-electron chi connectivity index (χ3n) is 2.76. The van der Waals surface area contributed by atoms with Crippen molar-refractivity contribution in [1.82, 2.24) is 10.2 Å². The first-order chi connectivity index (χ1) is 8.78. The second kappa shape index (κ2) is 4.07. The van der Waals surface area contributed by atoms with Gasteiger partial charge in [0.25, 0.3) is 0 Å². The Balaban J connectivity index is 2.27. The van der Waals surface area contributed by atoms with Gasteiger partial charge in [0.1, 0.15) is 5.76 Å². The van der Waals surface area contributed by atoms with Gasteiger partial charge >= 0.3 is 0 Å². The van der Waals surface area contributed by atoms with E-state index in [9.17, 15) is 4.79 Å². The summed E-state index contributed by atoms with van der Waals surface area (Å²) in [5.74, 6) is 0.982. The lowest BCUT2D eigenvalue weighted by atomic mass is 10.1. The highest BCUT2D eigenvalue weighted by Crippen LogP contribution is 2.28. The number of hydrogen-bond acceptors (Lipinski definition) is 4. The number of carbonyl (C=O) groups is 1. The molecule has 0 radical (unpaired) electrons. The predicted octanol–water partition coefficient (Wildman–Crippen LogP) is 3.01. The fraction of sp³-hybridized carbons (Fsp3) is 0.0714. The topological polar surface area (TPSA) is 56.0 Å². The maximum absolute atomic E-state index is 10.7. The normalized spacial score (nSPS) is 10.7. The molecule has 88 valence electrons. The number of benzene rings is 1. The Hall–Kier alpha value is -2.49. The monoisotopic (exact) mass is 238 g/mol. The van der Waals surface area contributed by atoms with E-state index in [1.807, 2.05) is 31.2 Å². The molecule has 2 aromatic heterocycles. The molecule has 18 heavy (non-hydrogen) atoms. The summed E-state index contributed by atoms with van der Waals surface area (Å²) in [5, 5.41) is 9.13. The zero-order valence-corrected chi connectivity index (χ0v) is 9.75. The molecule has 0 fully saturated rings. The van der Waals surface area contributed by atoms with E-state index in [0.717, 1.165) is 22.2 Å². The first-order valence-corrected chi connectivity index (χ1v) is 5.56. The largest absolute Gasteiger partial charge is 0.453 e. The van der Waals surface area contributed by atoms with E-state index < -0.39 is 0 Å². The summed E-state index contributed by atoms with van der Waals surface area (Å²) < 4.78 is 5.45. The predicted molar refractivity (Wildman–Crippen MR) is 67.4 cm³/mol. The number of rotatable bonds is 2. The zero-order valence-electron chi connectivity index (χ0n) is 9.75. The Kier molecular flexibility index (Phi) is 2.41. The van der Waals surface area contributed by atoms with Crippen LogP contribution in [-0.2, 0) is 0 Å². The molecule has 0 aliphatic rings. The van der Waals surface area contributed by atoms with Gasteiger partial charge in [-0.1, -0.05) is 12.1 Å². The molecule has 0 aliphatic heterocycles. The summed E-state index contributed by atoms with van der Waals surface area (Å²) in [6.45, 7) is 1.89. The maximum Gasteiger partial charge on any atom is 0.185 e. The zero-order chi connectivity index (χ0) is 12.5. The molecule has 1 aromatic carbocycles. The molecule has 0 saturated heterocycles. The first-order valence-electron chi connectivity index (χ1n) is 5.56. The van der Waals surface area contributed by atoms with Crippen LogP contribution in [0.5, 0.6) is 0 Å². The van der Waals surface area contributed by atoms with Crippen molar-refractivity contribution >= 4 is 17.2 Å². The van der Waals surface area contributed by atoms with Crippen LogP contribution >= 0.6 is 0 Å². The minimum atomic E-state index is 0.320. The summed E-state index contributed by atoms with van der Waals surface area (Å²) in [4.78, 5) is 10.7. The van der Waals surface area contributed by atoms with Crippen LogP contribution in [0.4, 0.5) is 0 Å². The lowest BCUT2D eigenvalue weighted by Gasteiger charge is -2.03. The van der Waals surface area contributed by atoms with Crippen molar-refractivity contribution < 1.29 is 9.21 Å². The molecule has 3 rings (SSSR count). The fourth-order valence-electron chi connectivity index (χ4n) is 1.94. The number of fused-ring (bicyclic) bond motifs is 1. The molecule has 0 spiro atoms. The molecular formula is C14H10N2O2. The van der Waals surface area contributed by atoms with Gasteiger partial charge in [0.2, 0.25) is 0 Å². The molecule has 0 atom stereocenters. The van der Waals surface area contributed by atoms with Crippen LogP contribution in [0, 0.1) is 6.92 Å². The number of aldehydes is 1. The summed E-state index contributed by atoms with van der Waals surface area (Å²) in [6.07, 6.45) is 0.694. The summed E-state index contributed by atoms with van der Waals surface area (Å²) in [7, 11) is 0. The first kappa shape index (κ1) is 10.7. The Labute approximate surface area is 103 Å². The second-order valence-corrected chi connectivity index (χ2v) is 4.04. The SMILES string of the molecule is Cc1cc2c(-c3ccc(C=O)o3)cccc2nn1. The molecule has 0 bridgehead atoms. The maximum atomic E-state index is 10.7. The van der Waals surface area contributed by atoms with Gasteiger partial charge in [-0.25, -0.2) is 0 Å². The number of carbonyl (C=O) groups excluding carboxylic acids is 1. The molecule has 0 saturated carbocycles. The third-order valence-corrected chi connectivity index (χ3v) is 2.76. The van der Waals surface area contributed by atoms with E-state index in [1.165, 1.54) is 0 Å². The van der Waals surface area contributed by atoms with Crippen LogP contribution in [0.15, 0.2) is 40.8 Å². The van der Waals surface area contributed by atoms with E-state index in [2.05, 4.69) is 10.2 Å². The van der Waals surface area contributed by atoms with Crippen molar-refractivity contribution in [3.8, 4) is 11.3 Å². The van der Waals surface area contributed by atoms with Crippen molar-refractivity contribution in [3.05, 3.63) is 47.9 Å². The van der Waals surface area contributed by atoms with Gasteiger partial charge < -0.3 is 4.42 Å². The van der Waals surface area contributed by atoms with Crippen molar-refractivity contribution in [2.45, 2.75) is 6.92 Å². The lowest BCUT2D eigenvalue weighted by Crippen LogP contribution is -1.89. The van der Waals surface area contributed by atoms with Gasteiger partial charge in [0.05, 0.1) is 11.2 Å². The lowest BCUT2D eigenvalue weighted by molar-refractivity contribution is 0.110. The van der Waals surface area contributed by atoms with Gasteiger partial charge in [-0.3, -0.25) is 4.79 Å². The quantitative estimate of drug-likeness (QED) is 0.644. The molecule has 2 heterocycles. The Morgan fingerprint density at radius 1 is 1.17 bits per heavy atom. The van der Waals surface area contributed by atoms with Crippen molar-refractivity contribution in [1.29, 1.82) is 0 Å². The molecule has 0 aliphatic carbocycles. The molecule has 0 N–H and O–H groups in total. The third kappa shape index (κ3) is 1.68. The number of nitrogens with zero attached hydrogens (tertiary/aromatic N) is 2. The minimum absolute atomic E-state index is 0.320. The van der Waals surface area contributed by atoms with Crippen molar-refractivity contribution in [2.75, 3.05) is 0 Å². The van der Waals surface area contributed by atoms with Crippen molar-refractivity contribution in [3.63, 3.8) is 0 Å². The van der Waals surface area contributed by atoms with E-state index >= 15 is 0 Å². The standard InChI is InChI=1S/C14H10N2O2/c1-9-7-12-11(3-2-4-13(12)16-15-9)14-6-5-10(8-17)18-14/h2-8H,1H3. The van der Waals surface area contributed by atoms with Gasteiger partial charge in [0.15, 0.2) is 12.0 Å². The van der Waals surface area contributed by atoms with Crippen LogP contribution < -0.4 is 0 Å². The molecule has 3 aromatic rings. The van der Waals surface area contributed by atoms with Crippen LogP contribution in [0.1, 0.15) is 16.2 Å². The van der Waals surface area contributed by atoms with Gasteiger partial charge in [-0.15, -0.1) is 0 Å². The number of hydrogen-bond donors (Lipinski definition) is 0. The molecule has 0 amide bonds. The van der Waals surface area contributed by atoms with Gasteiger partial charge in [0, 0.05) is 10.9 Å². The number of furan rings is 1. The number of aryl methyl sites for hydroxylation is 1. The Morgan fingerprint density at radius 3 is 2.83 bits per heavy atom. The van der Waals surface area contributed by atoms with Gasteiger partial charge in [-0.2, -0.15) is 10.2 Å². The fourth-order valence-corrected chi connectivity index (χ4v) is 1.94.